The Hall–Kier alpha value is -1.42. The Morgan fingerprint density at radius 3 is 2.59 bits per heavy atom. The average Bonchev–Trinajstić information content (AvgIpc) is 2.16. The van der Waals surface area contributed by atoms with Crippen molar-refractivity contribution < 1.29 is 14.3 Å². The minimum atomic E-state index is -0.977. The molecule has 1 aromatic carbocycles. The third-order valence-corrected chi connectivity index (χ3v) is 2.80. The molecule has 0 bridgehead atoms. The summed E-state index contributed by atoms with van der Waals surface area (Å²) in [6.07, 6.45) is -0.177. The van der Waals surface area contributed by atoms with Gasteiger partial charge in [0.25, 0.3) is 0 Å². The maximum Gasteiger partial charge on any atom is 0.304 e. The van der Waals surface area contributed by atoms with E-state index in [1.54, 1.807) is 26.0 Å². The number of hydrogen-bond donors (Lipinski definition) is 2. The lowest BCUT2D eigenvalue weighted by molar-refractivity contribution is -0.137. The molecule has 1 atom stereocenters. The minimum absolute atomic E-state index is 0.177. The molecule has 0 aliphatic carbocycles. The van der Waals surface area contributed by atoms with Crippen LogP contribution in [0.3, 0.4) is 0 Å². The number of hydrogen-bond acceptors (Lipinski definition) is 2. The Bertz CT molecular complexity index is 424. The van der Waals surface area contributed by atoms with E-state index in [0.717, 1.165) is 5.56 Å². The third kappa shape index (κ3) is 3.53. The average molecular weight is 239 g/mol. The molecule has 0 aromatic heterocycles. The van der Waals surface area contributed by atoms with Gasteiger partial charge in [0.15, 0.2) is 0 Å². The predicted molar refractivity (Wildman–Crippen MR) is 64.4 cm³/mol. The van der Waals surface area contributed by atoms with Gasteiger partial charge in [0.1, 0.15) is 5.82 Å². The van der Waals surface area contributed by atoms with Crippen molar-refractivity contribution in [2.75, 3.05) is 0 Å². The minimum Gasteiger partial charge on any atom is -0.481 e. The molecule has 3 nitrogen and oxygen atoms in total. The first kappa shape index (κ1) is 13.6. The van der Waals surface area contributed by atoms with Crippen LogP contribution in [0.2, 0.25) is 0 Å². The predicted octanol–water partition coefficient (Wildman–Crippen LogP) is 2.43. The first-order valence-corrected chi connectivity index (χ1v) is 5.48. The van der Waals surface area contributed by atoms with Crippen LogP contribution in [0.15, 0.2) is 18.2 Å². The van der Waals surface area contributed by atoms with Gasteiger partial charge in [-0.3, -0.25) is 4.79 Å². The molecule has 1 rings (SSSR count). The van der Waals surface area contributed by atoms with Crippen LogP contribution < -0.4 is 5.73 Å². The summed E-state index contributed by atoms with van der Waals surface area (Å²) in [6.45, 7) is 5.26. The summed E-state index contributed by atoms with van der Waals surface area (Å²) >= 11 is 0. The molecule has 0 radical (unpaired) electrons. The molecule has 0 heterocycles. The summed E-state index contributed by atoms with van der Waals surface area (Å²) in [5, 5.41) is 8.89. The number of nitrogens with two attached hydrogens (primary N) is 1. The van der Waals surface area contributed by atoms with E-state index >= 15 is 0 Å². The second kappa shape index (κ2) is 4.84. The highest BCUT2D eigenvalue weighted by molar-refractivity contribution is 5.68. The Morgan fingerprint density at radius 1 is 1.53 bits per heavy atom. The number of carboxylic acid groups (broad SMARTS) is 1. The van der Waals surface area contributed by atoms with E-state index in [4.69, 9.17) is 10.8 Å². The second-order valence-corrected chi connectivity index (χ2v) is 5.00. The lowest BCUT2D eigenvalue weighted by Crippen LogP contribution is -2.40. The fraction of sp³-hybridized carbons (Fsp3) is 0.462. The molecule has 94 valence electrons. The first-order valence-electron chi connectivity index (χ1n) is 5.48. The van der Waals surface area contributed by atoms with Crippen LogP contribution in [-0.4, -0.2) is 16.6 Å². The second-order valence-electron chi connectivity index (χ2n) is 5.00. The van der Waals surface area contributed by atoms with Crippen molar-refractivity contribution in [2.24, 2.45) is 5.73 Å². The Kier molecular flexibility index (Phi) is 3.88. The largest absolute Gasteiger partial charge is 0.481 e. The van der Waals surface area contributed by atoms with E-state index in [-0.39, 0.29) is 6.42 Å². The summed E-state index contributed by atoms with van der Waals surface area (Å²) in [6, 6.07) is 4.67. The van der Waals surface area contributed by atoms with Gasteiger partial charge in [-0.1, -0.05) is 17.7 Å². The van der Waals surface area contributed by atoms with Crippen LogP contribution in [0.5, 0.6) is 0 Å². The number of halogens is 1. The van der Waals surface area contributed by atoms with Crippen molar-refractivity contribution in [3.8, 4) is 0 Å². The third-order valence-electron chi connectivity index (χ3n) is 2.80. The highest BCUT2D eigenvalue weighted by Crippen LogP contribution is 2.31. The summed E-state index contributed by atoms with van der Waals surface area (Å²) in [5.41, 5.74) is 6.43. The highest BCUT2D eigenvalue weighted by Gasteiger charge is 2.31. The number of rotatable bonds is 4. The van der Waals surface area contributed by atoms with E-state index in [1.165, 1.54) is 6.07 Å². The van der Waals surface area contributed by atoms with Gasteiger partial charge < -0.3 is 10.8 Å². The van der Waals surface area contributed by atoms with Crippen molar-refractivity contribution in [2.45, 2.75) is 38.6 Å². The van der Waals surface area contributed by atoms with Gasteiger partial charge in [0.2, 0.25) is 0 Å². The normalized spacial score (nSPS) is 13.5. The van der Waals surface area contributed by atoms with Crippen molar-refractivity contribution in [1.82, 2.24) is 0 Å². The molecule has 0 amide bonds. The van der Waals surface area contributed by atoms with Crippen LogP contribution in [0.25, 0.3) is 0 Å². The van der Waals surface area contributed by atoms with E-state index in [0.29, 0.717) is 5.56 Å². The van der Waals surface area contributed by atoms with Crippen LogP contribution in [0.4, 0.5) is 4.39 Å². The Morgan fingerprint density at radius 2 is 2.12 bits per heavy atom. The zero-order chi connectivity index (χ0) is 13.2. The maximum atomic E-state index is 13.8. The molecule has 3 N–H and O–H groups in total. The number of carbonyl (C=O) groups is 1. The summed E-state index contributed by atoms with van der Waals surface area (Å²) in [4.78, 5) is 10.8. The van der Waals surface area contributed by atoms with Gasteiger partial charge in [0.05, 0.1) is 6.42 Å². The maximum absolute atomic E-state index is 13.8. The molecule has 17 heavy (non-hydrogen) atoms. The molecule has 0 saturated carbocycles. The van der Waals surface area contributed by atoms with E-state index < -0.39 is 23.2 Å². The lowest BCUT2D eigenvalue weighted by Gasteiger charge is -2.30. The summed E-state index contributed by atoms with van der Waals surface area (Å²) in [7, 11) is 0. The highest BCUT2D eigenvalue weighted by atomic mass is 19.1. The molecule has 1 unspecified atom stereocenters. The zero-order valence-electron chi connectivity index (χ0n) is 10.3. The van der Waals surface area contributed by atoms with Gasteiger partial charge >= 0.3 is 5.97 Å². The standard InChI is InChI=1S/C13H18FNO2/c1-8-4-5-11(14)9(6-8)10(7-12(16)17)13(2,3)15/h4-6,10H,7,15H2,1-3H3,(H,16,17). The fourth-order valence-electron chi connectivity index (χ4n) is 1.88. The van der Waals surface area contributed by atoms with E-state index in [9.17, 15) is 9.18 Å². The van der Waals surface area contributed by atoms with Crippen LogP contribution >= 0.6 is 0 Å². The lowest BCUT2D eigenvalue weighted by atomic mass is 9.80. The van der Waals surface area contributed by atoms with Crippen LogP contribution in [-0.2, 0) is 4.79 Å². The molecule has 0 spiro atoms. The topological polar surface area (TPSA) is 63.3 Å². The molecule has 0 saturated heterocycles. The van der Waals surface area contributed by atoms with Crippen molar-refractivity contribution in [3.63, 3.8) is 0 Å². The summed E-state index contributed by atoms with van der Waals surface area (Å²) in [5.74, 6) is -1.92. The van der Waals surface area contributed by atoms with Crippen molar-refractivity contribution in [3.05, 3.63) is 35.1 Å². The number of carboxylic acids is 1. The monoisotopic (exact) mass is 239 g/mol. The van der Waals surface area contributed by atoms with E-state index in [2.05, 4.69) is 0 Å². The quantitative estimate of drug-likeness (QED) is 0.848. The number of aliphatic carboxylic acids is 1. The van der Waals surface area contributed by atoms with Crippen LogP contribution in [0, 0.1) is 12.7 Å². The molecular weight excluding hydrogens is 221 g/mol. The SMILES string of the molecule is Cc1ccc(F)c(C(CC(=O)O)C(C)(C)N)c1. The zero-order valence-corrected chi connectivity index (χ0v) is 10.3. The Balaban J connectivity index is 3.21. The van der Waals surface area contributed by atoms with Crippen molar-refractivity contribution >= 4 is 5.97 Å². The van der Waals surface area contributed by atoms with Gasteiger partial charge in [0, 0.05) is 11.5 Å². The van der Waals surface area contributed by atoms with Gasteiger partial charge in [-0.05, 0) is 32.4 Å². The smallest absolute Gasteiger partial charge is 0.304 e. The number of benzene rings is 1. The first-order chi connectivity index (χ1) is 7.71. The molecule has 0 fully saturated rings. The van der Waals surface area contributed by atoms with Gasteiger partial charge in [-0.25, -0.2) is 4.39 Å². The van der Waals surface area contributed by atoms with Crippen molar-refractivity contribution in [1.29, 1.82) is 0 Å². The van der Waals surface area contributed by atoms with Gasteiger partial charge in [-0.15, -0.1) is 0 Å². The number of aryl methyl sites for hydroxylation is 1. The fourth-order valence-corrected chi connectivity index (χ4v) is 1.88. The van der Waals surface area contributed by atoms with Gasteiger partial charge in [-0.2, -0.15) is 0 Å². The molecule has 0 aliphatic heterocycles. The van der Waals surface area contributed by atoms with Crippen LogP contribution in [0.1, 0.15) is 37.3 Å². The van der Waals surface area contributed by atoms with E-state index in [1.807, 2.05) is 6.92 Å². The molecule has 0 aliphatic rings. The molecular formula is C13H18FNO2. The molecule has 1 aromatic rings. The molecule has 4 heteroatoms. The Labute approximate surface area is 100 Å². The summed E-state index contributed by atoms with van der Waals surface area (Å²) < 4.78 is 13.8.